The molecule has 2 aromatic rings. The van der Waals surface area contributed by atoms with E-state index < -0.39 is 0 Å². The number of aryl methyl sites for hydroxylation is 1. The van der Waals surface area contributed by atoms with Crippen LogP contribution in [0.3, 0.4) is 0 Å². The molecule has 0 aliphatic heterocycles. The molecular formula is C12H13N3OS2. The summed E-state index contributed by atoms with van der Waals surface area (Å²) in [4.78, 5) is 12.1. The van der Waals surface area contributed by atoms with Crippen LogP contribution in [0.1, 0.15) is 15.2 Å². The second-order valence-electron chi connectivity index (χ2n) is 3.78. The Morgan fingerprint density at radius 1 is 1.44 bits per heavy atom. The molecular weight excluding hydrogens is 266 g/mol. The van der Waals surface area contributed by atoms with Gasteiger partial charge in [-0.25, -0.2) is 0 Å². The Morgan fingerprint density at radius 2 is 2.11 bits per heavy atom. The van der Waals surface area contributed by atoms with Gasteiger partial charge in [0.1, 0.15) is 10.7 Å². The van der Waals surface area contributed by atoms with E-state index in [-0.39, 0.29) is 5.91 Å². The van der Waals surface area contributed by atoms with E-state index in [1.165, 1.54) is 11.3 Å². The number of anilines is 1. The van der Waals surface area contributed by atoms with E-state index in [2.05, 4.69) is 5.32 Å². The number of carbonyl (C=O) groups excluding carboxylic acids is 1. The van der Waals surface area contributed by atoms with Gasteiger partial charge < -0.3 is 11.1 Å². The minimum atomic E-state index is -0.212. The van der Waals surface area contributed by atoms with Crippen LogP contribution in [0.2, 0.25) is 0 Å². The normalized spacial score (nSPS) is 10.3. The van der Waals surface area contributed by atoms with E-state index in [9.17, 15) is 4.79 Å². The van der Waals surface area contributed by atoms with Gasteiger partial charge in [-0.15, -0.1) is 0 Å². The second-order valence-corrected chi connectivity index (χ2v) is 5.43. The molecule has 3 N–H and O–H groups in total. The molecule has 0 spiro atoms. The highest BCUT2D eigenvalue weighted by atomic mass is 32.1. The third kappa shape index (κ3) is 2.04. The van der Waals surface area contributed by atoms with Gasteiger partial charge in [-0.05, 0) is 30.8 Å². The summed E-state index contributed by atoms with van der Waals surface area (Å²) >= 11 is 6.51. The molecule has 0 unspecified atom stereocenters. The Balaban J connectivity index is 2.67. The summed E-state index contributed by atoms with van der Waals surface area (Å²) in [5, 5.41) is 2.56. The average molecular weight is 279 g/mol. The zero-order valence-corrected chi connectivity index (χ0v) is 11.7. The number of nitrogens with one attached hydrogen (secondary N) is 1. The number of hydrogen-bond donors (Lipinski definition) is 2. The van der Waals surface area contributed by atoms with Crippen LogP contribution in [0.5, 0.6) is 0 Å². The van der Waals surface area contributed by atoms with Crippen molar-refractivity contribution in [2.45, 2.75) is 6.92 Å². The van der Waals surface area contributed by atoms with E-state index in [4.69, 9.17) is 18.0 Å². The van der Waals surface area contributed by atoms with Crippen molar-refractivity contribution in [2.75, 3.05) is 12.8 Å². The Hall–Kier alpha value is -1.66. The van der Waals surface area contributed by atoms with Crippen molar-refractivity contribution in [3.8, 4) is 5.69 Å². The number of nitrogens with two attached hydrogens (primary N) is 1. The summed E-state index contributed by atoms with van der Waals surface area (Å²) < 4.78 is 2.31. The predicted octanol–water partition coefficient (Wildman–Crippen LogP) is 2.52. The van der Waals surface area contributed by atoms with Crippen LogP contribution < -0.4 is 11.1 Å². The quantitative estimate of drug-likeness (QED) is 0.830. The number of hydrogen-bond acceptors (Lipinski definition) is 4. The lowest BCUT2D eigenvalue weighted by Crippen LogP contribution is -2.18. The lowest BCUT2D eigenvalue weighted by Gasteiger charge is -2.09. The maximum absolute atomic E-state index is 11.7. The third-order valence-electron chi connectivity index (χ3n) is 2.64. The molecule has 4 nitrogen and oxygen atoms in total. The molecule has 2 rings (SSSR count). The van der Waals surface area contributed by atoms with Crippen LogP contribution in [0, 0.1) is 10.9 Å². The fourth-order valence-corrected chi connectivity index (χ4v) is 3.00. The van der Waals surface area contributed by atoms with Gasteiger partial charge in [0.25, 0.3) is 5.91 Å². The van der Waals surface area contributed by atoms with Gasteiger partial charge in [-0.2, -0.15) is 0 Å². The van der Waals surface area contributed by atoms with Crippen molar-refractivity contribution in [2.24, 2.45) is 0 Å². The SMILES string of the molecule is CNC(=O)c1sc(=S)n(-c2ccccc2C)c1N. The van der Waals surface area contributed by atoms with E-state index in [1.54, 1.807) is 11.6 Å². The maximum Gasteiger partial charge on any atom is 0.264 e. The smallest absolute Gasteiger partial charge is 0.264 e. The zero-order chi connectivity index (χ0) is 13.3. The topological polar surface area (TPSA) is 60.0 Å². The van der Waals surface area contributed by atoms with Gasteiger partial charge in [0.05, 0.1) is 5.69 Å². The number of para-hydroxylation sites is 1. The molecule has 0 aliphatic rings. The Labute approximate surface area is 114 Å². The van der Waals surface area contributed by atoms with Crippen molar-refractivity contribution in [3.63, 3.8) is 0 Å². The third-order valence-corrected chi connectivity index (χ3v) is 4.02. The fourth-order valence-electron chi connectivity index (χ4n) is 1.70. The molecule has 1 amide bonds. The highest BCUT2D eigenvalue weighted by molar-refractivity contribution is 7.73. The van der Waals surface area contributed by atoms with Crippen LogP contribution in [0.15, 0.2) is 24.3 Å². The highest BCUT2D eigenvalue weighted by Gasteiger charge is 2.17. The molecule has 1 aromatic carbocycles. The minimum absolute atomic E-state index is 0.212. The molecule has 6 heteroatoms. The molecule has 94 valence electrons. The summed E-state index contributed by atoms with van der Waals surface area (Å²) in [6.07, 6.45) is 0. The highest BCUT2D eigenvalue weighted by Crippen LogP contribution is 2.27. The van der Waals surface area contributed by atoms with Crippen LogP contribution in [0.25, 0.3) is 5.69 Å². The first-order valence-electron chi connectivity index (χ1n) is 5.35. The predicted molar refractivity (Wildman–Crippen MR) is 77.0 cm³/mol. The van der Waals surface area contributed by atoms with Gasteiger partial charge in [-0.3, -0.25) is 9.36 Å². The largest absolute Gasteiger partial charge is 0.383 e. The van der Waals surface area contributed by atoms with Crippen molar-refractivity contribution in [1.29, 1.82) is 0 Å². The monoisotopic (exact) mass is 279 g/mol. The first-order chi connectivity index (χ1) is 8.56. The zero-order valence-electron chi connectivity index (χ0n) is 10.1. The van der Waals surface area contributed by atoms with Gasteiger partial charge in [-0.1, -0.05) is 29.5 Å². The van der Waals surface area contributed by atoms with Gasteiger partial charge in [0.15, 0.2) is 3.95 Å². The molecule has 0 fully saturated rings. The van der Waals surface area contributed by atoms with E-state index in [1.807, 2.05) is 31.2 Å². The van der Waals surface area contributed by atoms with E-state index >= 15 is 0 Å². The van der Waals surface area contributed by atoms with Gasteiger partial charge in [0.2, 0.25) is 0 Å². The fraction of sp³-hybridized carbons (Fsp3) is 0.167. The molecule has 18 heavy (non-hydrogen) atoms. The first-order valence-corrected chi connectivity index (χ1v) is 6.58. The standard InChI is InChI=1S/C12H13N3OS2/c1-7-5-3-4-6-8(7)15-10(13)9(11(16)14-2)18-12(15)17/h3-6H,13H2,1-2H3,(H,14,16). The summed E-state index contributed by atoms with van der Waals surface area (Å²) in [5.74, 6) is 0.176. The average Bonchev–Trinajstić information content (AvgIpc) is 2.65. The molecule has 0 saturated carbocycles. The molecule has 0 saturated heterocycles. The number of aromatic nitrogens is 1. The van der Waals surface area contributed by atoms with Gasteiger partial charge in [0, 0.05) is 7.05 Å². The summed E-state index contributed by atoms with van der Waals surface area (Å²) in [7, 11) is 1.57. The molecule has 0 atom stereocenters. The molecule has 1 aromatic heterocycles. The summed E-state index contributed by atoms with van der Waals surface area (Å²) in [6.45, 7) is 1.98. The molecule has 0 radical (unpaired) electrons. The minimum Gasteiger partial charge on any atom is -0.383 e. The van der Waals surface area contributed by atoms with E-state index in [0.29, 0.717) is 14.6 Å². The van der Waals surface area contributed by atoms with Crippen LogP contribution >= 0.6 is 23.6 Å². The van der Waals surface area contributed by atoms with Crippen molar-refractivity contribution < 1.29 is 4.79 Å². The summed E-state index contributed by atoms with van der Waals surface area (Å²) in [5.41, 5.74) is 7.99. The maximum atomic E-state index is 11.7. The number of carbonyl (C=O) groups is 1. The second kappa shape index (κ2) is 4.91. The van der Waals surface area contributed by atoms with Crippen molar-refractivity contribution >= 4 is 35.3 Å². The molecule has 1 heterocycles. The van der Waals surface area contributed by atoms with Crippen LogP contribution in [-0.4, -0.2) is 17.5 Å². The Kier molecular flexibility index (Phi) is 3.49. The van der Waals surface area contributed by atoms with Crippen LogP contribution in [0.4, 0.5) is 5.82 Å². The van der Waals surface area contributed by atoms with Crippen LogP contribution in [-0.2, 0) is 0 Å². The number of thiazole rings is 1. The number of nitrogen functional groups attached to an aromatic ring is 1. The molecule has 0 aliphatic carbocycles. The van der Waals surface area contributed by atoms with E-state index in [0.717, 1.165) is 11.3 Å². The van der Waals surface area contributed by atoms with Crippen molar-refractivity contribution in [1.82, 2.24) is 9.88 Å². The lowest BCUT2D eigenvalue weighted by atomic mass is 10.2. The van der Waals surface area contributed by atoms with Crippen molar-refractivity contribution in [3.05, 3.63) is 38.7 Å². The Bertz CT molecular complexity index is 658. The first kappa shape index (κ1) is 12.8. The number of amides is 1. The van der Waals surface area contributed by atoms with Gasteiger partial charge >= 0.3 is 0 Å². The molecule has 0 bridgehead atoms. The number of benzene rings is 1. The lowest BCUT2D eigenvalue weighted by molar-refractivity contribution is 0.0967. The number of nitrogens with zero attached hydrogens (tertiary/aromatic N) is 1. The summed E-state index contributed by atoms with van der Waals surface area (Å²) in [6, 6.07) is 7.78. The Morgan fingerprint density at radius 3 is 2.72 bits per heavy atom. The number of rotatable bonds is 2.